The quantitative estimate of drug-likeness (QED) is 0.744. The van der Waals surface area contributed by atoms with E-state index in [9.17, 15) is 9.59 Å². The van der Waals surface area contributed by atoms with Crippen LogP contribution in [0.4, 0.5) is 10.5 Å². The Balaban J connectivity index is 1.78. The molecule has 0 spiro atoms. The highest BCUT2D eigenvalue weighted by Crippen LogP contribution is 2.22. The summed E-state index contributed by atoms with van der Waals surface area (Å²) in [6.07, 6.45) is 2.03. The van der Waals surface area contributed by atoms with Crippen LogP contribution in [0.5, 0.6) is 5.75 Å². The van der Waals surface area contributed by atoms with Gasteiger partial charge < -0.3 is 20.7 Å². The van der Waals surface area contributed by atoms with Crippen LogP contribution in [0, 0.1) is 0 Å². The molecule has 0 aliphatic heterocycles. The Morgan fingerprint density at radius 3 is 2.74 bits per heavy atom. The zero-order valence-electron chi connectivity index (χ0n) is 10.7. The topological polar surface area (TPSA) is 79.5 Å². The SMILES string of the molecule is COc1ccccc1NC(=O)CNC(=O)NC1CC1. The Bertz CT molecular complexity index is 472. The summed E-state index contributed by atoms with van der Waals surface area (Å²) in [6, 6.07) is 7.07. The Kier molecular flexibility index (Phi) is 4.22. The molecule has 0 aromatic heterocycles. The summed E-state index contributed by atoms with van der Waals surface area (Å²) in [7, 11) is 1.53. The second-order valence-corrected chi connectivity index (χ2v) is 4.35. The van der Waals surface area contributed by atoms with Crippen LogP contribution >= 0.6 is 0 Å². The van der Waals surface area contributed by atoms with Crippen molar-refractivity contribution in [3.05, 3.63) is 24.3 Å². The lowest BCUT2D eigenvalue weighted by Crippen LogP contribution is -2.40. The third-order valence-corrected chi connectivity index (χ3v) is 2.70. The first kappa shape index (κ1) is 13.2. The third-order valence-electron chi connectivity index (χ3n) is 2.70. The molecule has 0 radical (unpaired) electrons. The first-order valence-corrected chi connectivity index (χ1v) is 6.16. The molecule has 2 rings (SSSR count). The van der Waals surface area contributed by atoms with Crippen molar-refractivity contribution >= 4 is 17.6 Å². The number of hydrogen-bond donors (Lipinski definition) is 3. The Morgan fingerprint density at radius 1 is 1.32 bits per heavy atom. The molecule has 6 nitrogen and oxygen atoms in total. The minimum absolute atomic E-state index is 0.0728. The molecule has 1 aromatic carbocycles. The van der Waals surface area contributed by atoms with Crippen molar-refractivity contribution in [3.63, 3.8) is 0 Å². The maximum absolute atomic E-state index is 11.7. The Hall–Kier alpha value is -2.24. The number of nitrogens with one attached hydrogen (secondary N) is 3. The molecule has 6 heteroatoms. The van der Waals surface area contributed by atoms with E-state index in [-0.39, 0.29) is 24.5 Å². The number of hydrogen-bond acceptors (Lipinski definition) is 3. The number of benzene rings is 1. The van der Waals surface area contributed by atoms with Gasteiger partial charge >= 0.3 is 6.03 Å². The van der Waals surface area contributed by atoms with E-state index in [0.717, 1.165) is 12.8 Å². The molecule has 0 saturated heterocycles. The number of rotatable bonds is 5. The summed E-state index contributed by atoms with van der Waals surface area (Å²) < 4.78 is 5.12. The number of anilines is 1. The lowest BCUT2D eigenvalue weighted by Gasteiger charge is -2.10. The van der Waals surface area contributed by atoms with Crippen molar-refractivity contribution in [1.82, 2.24) is 10.6 Å². The number of carbonyl (C=O) groups excluding carboxylic acids is 2. The summed E-state index contributed by atoms with van der Waals surface area (Å²) in [5.41, 5.74) is 0.583. The molecule has 1 aliphatic carbocycles. The van der Waals surface area contributed by atoms with Crippen LogP contribution < -0.4 is 20.7 Å². The van der Waals surface area contributed by atoms with Crippen LogP contribution in [0.1, 0.15) is 12.8 Å². The van der Waals surface area contributed by atoms with Crippen molar-refractivity contribution in [2.45, 2.75) is 18.9 Å². The molecule has 1 aromatic rings. The highest BCUT2D eigenvalue weighted by atomic mass is 16.5. The highest BCUT2D eigenvalue weighted by Gasteiger charge is 2.23. The van der Waals surface area contributed by atoms with Crippen molar-refractivity contribution in [3.8, 4) is 5.75 Å². The molecule has 102 valence electrons. The van der Waals surface area contributed by atoms with Crippen LogP contribution in [-0.2, 0) is 4.79 Å². The van der Waals surface area contributed by atoms with Crippen LogP contribution in [0.2, 0.25) is 0 Å². The number of ether oxygens (including phenoxy) is 1. The molecule has 1 saturated carbocycles. The highest BCUT2D eigenvalue weighted by molar-refractivity contribution is 5.95. The molecular formula is C13H17N3O3. The van der Waals surface area contributed by atoms with E-state index in [4.69, 9.17) is 4.74 Å². The van der Waals surface area contributed by atoms with Gasteiger partial charge in [-0.3, -0.25) is 4.79 Å². The van der Waals surface area contributed by atoms with Gasteiger partial charge in [-0.2, -0.15) is 0 Å². The average Bonchev–Trinajstić information content (AvgIpc) is 3.21. The fraction of sp³-hybridized carbons (Fsp3) is 0.385. The van der Waals surface area contributed by atoms with Crippen molar-refractivity contribution in [1.29, 1.82) is 0 Å². The normalized spacial score (nSPS) is 13.5. The molecule has 0 unspecified atom stereocenters. The summed E-state index contributed by atoms with van der Waals surface area (Å²) in [5, 5.41) is 7.93. The fourth-order valence-corrected chi connectivity index (χ4v) is 1.57. The van der Waals surface area contributed by atoms with E-state index >= 15 is 0 Å². The standard InChI is InChI=1S/C13H17N3O3/c1-19-11-5-3-2-4-10(11)16-12(17)8-14-13(18)15-9-6-7-9/h2-5,9H,6-8H2,1H3,(H,16,17)(H2,14,15,18). The summed E-state index contributed by atoms with van der Waals surface area (Å²) in [6.45, 7) is -0.0728. The number of para-hydroxylation sites is 2. The van der Waals surface area contributed by atoms with Gasteiger partial charge in [-0.1, -0.05) is 12.1 Å². The monoisotopic (exact) mass is 263 g/mol. The molecule has 19 heavy (non-hydrogen) atoms. The average molecular weight is 263 g/mol. The van der Waals surface area contributed by atoms with Crippen LogP contribution in [0.15, 0.2) is 24.3 Å². The lowest BCUT2D eigenvalue weighted by molar-refractivity contribution is -0.115. The molecular weight excluding hydrogens is 246 g/mol. The first-order valence-electron chi connectivity index (χ1n) is 6.16. The van der Waals surface area contributed by atoms with Crippen LogP contribution in [0.25, 0.3) is 0 Å². The summed E-state index contributed by atoms with van der Waals surface area (Å²) in [4.78, 5) is 23.0. The van der Waals surface area contributed by atoms with E-state index in [1.165, 1.54) is 7.11 Å². The van der Waals surface area contributed by atoms with Crippen LogP contribution in [-0.4, -0.2) is 31.6 Å². The molecule has 0 atom stereocenters. The van der Waals surface area contributed by atoms with Crippen molar-refractivity contribution < 1.29 is 14.3 Å². The second-order valence-electron chi connectivity index (χ2n) is 4.35. The third kappa shape index (κ3) is 4.17. The number of urea groups is 1. The van der Waals surface area contributed by atoms with Crippen molar-refractivity contribution in [2.24, 2.45) is 0 Å². The van der Waals surface area contributed by atoms with E-state index in [1.807, 2.05) is 6.07 Å². The predicted octanol–water partition coefficient (Wildman–Crippen LogP) is 1.10. The fourth-order valence-electron chi connectivity index (χ4n) is 1.57. The Morgan fingerprint density at radius 2 is 2.05 bits per heavy atom. The number of methoxy groups -OCH3 is 1. The molecule has 0 bridgehead atoms. The zero-order valence-corrected chi connectivity index (χ0v) is 10.7. The number of amides is 3. The lowest BCUT2D eigenvalue weighted by atomic mass is 10.3. The van der Waals surface area contributed by atoms with Gasteiger partial charge in [-0.25, -0.2) is 4.79 Å². The van der Waals surface area contributed by atoms with Crippen LogP contribution in [0.3, 0.4) is 0 Å². The van der Waals surface area contributed by atoms with Gasteiger partial charge in [0.1, 0.15) is 5.75 Å². The second kappa shape index (κ2) is 6.08. The minimum Gasteiger partial charge on any atom is -0.495 e. The van der Waals surface area contributed by atoms with Gasteiger partial charge in [-0.05, 0) is 25.0 Å². The smallest absolute Gasteiger partial charge is 0.315 e. The summed E-state index contributed by atoms with van der Waals surface area (Å²) in [5.74, 6) is 0.286. The van der Waals surface area contributed by atoms with E-state index in [2.05, 4.69) is 16.0 Å². The van der Waals surface area contributed by atoms with Gasteiger partial charge in [0.2, 0.25) is 5.91 Å². The van der Waals surface area contributed by atoms with E-state index < -0.39 is 0 Å². The molecule has 3 amide bonds. The largest absolute Gasteiger partial charge is 0.495 e. The predicted molar refractivity (Wildman–Crippen MR) is 71.2 cm³/mol. The van der Waals surface area contributed by atoms with Gasteiger partial charge in [0.05, 0.1) is 19.3 Å². The Labute approximate surface area is 111 Å². The van der Waals surface area contributed by atoms with Gasteiger partial charge in [0.15, 0.2) is 0 Å². The first-order chi connectivity index (χ1) is 9.19. The zero-order chi connectivity index (χ0) is 13.7. The molecule has 0 heterocycles. The van der Waals surface area contributed by atoms with Gasteiger partial charge in [0, 0.05) is 6.04 Å². The maximum Gasteiger partial charge on any atom is 0.315 e. The molecule has 3 N–H and O–H groups in total. The van der Waals surface area contributed by atoms with Gasteiger partial charge in [0.25, 0.3) is 0 Å². The summed E-state index contributed by atoms with van der Waals surface area (Å²) >= 11 is 0. The van der Waals surface area contributed by atoms with Crippen molar-refractivity contribution in [2.75, 3.05) is 19.0 Å². The van der Waals surface area contributed by atoms with E-state index in [0.29, 0.717) is 11.4 Å². The number of carbonyl (C=O) groups is 2. The molecule has 1 aliphatic rings. The van der Waals surface area contributed by atoms with E-state index in [1.54, 1.807) is 18.2 Å². The van der Waals surface area contributed by atoms with Gasteiger partial charge in [-0.15, -0.1) is 0 Å². The molecule has 1 fully saturated rings. The minimum atomic E-state index is -0.308. The maximum atomic E-state index is 11.7.